The predicted molar refractivity (Wildman–Crippen MR) is 161 cm³/mol. The molecule has 0 unspecified atom stereocenters. The maximum atomic E-state index is 13.3. The third kappa shape index (κ3) is 9.82. The zero-order valence-corrected chi connectivity index (χ0v) is 23.5. The largest absolute Gasteiger partial charge is 0.573 e. The van der Waals surface area contributed by atoms with Gasteiger partial charge in [0.2, 0.25) is 11.8 Å². The molecule has 0 spiro atoms. The van der Waals surface area contributed by atoms with Gasteiger partial charge in [-0.1, -0.05) is 36.4 Å². The van der Waals surface area contributed by atoms with Crippen LogP contribution in [0, 0.1) is 0 Å². The highest BCUT2D eigenvalue weighted by molar-refractivity contribution is 7.99. The minimum Gasteiger partial charge on any atom is -0.406 e. The van der Waals surface area contributed by atoms with Gasteiger partial charge in [0.1, 0.15) is 11.8 Å². The van der Waals surface area contributed by atoms with E-state index >= 15 is 0 Å². The number of alkyl halides is 3. The summed E-state index contributed by atoms with van der Waals surface area (Å²) in [6, 6.07) is 18.4. The molecule has 8 nitrogen and oxygen atoms in total. The fraction of sp³-hybridized carbons (Fsp3) is 0.267. The van der Waals surface area contributed by atoms with Crippen molar-refractivity contribution in [2.75, 3.05) is 54.1 Å². The number of para-hydroxylation sites is 2. The fourth-order valence-electron chi connectivity index (χ4n) is 4.26. The number of nitrogens with two attached hydrogens (primary N) is 1. The number of nitrogen functional groups attached to an aromatic ring is 1. The molecule has 5 N–H and O–H groups in total. The quantitative estimate of drug-likeness (QED) is 0.179. The van der Waals surface area contributed by atoms with Crippen LogP contribution >= 0.6 is 11.8 Å². The van der Waals surface area contributed by atoms with Crippen LogP contribution in [0.2, 0.25) is 0 Å². The monoisotopic (exact) mass is 599 g/mol. The highest BCUT2D eigenvalue weighted by Gasteiger charge is 2.31. The number of halogens is 3. The van der Waals surface area contributed by atoms with Crippen molar-refractivity contribution >= 4 is 46.7 Å². The number of ether oxygens (including phenoxy) is 1. The molecule has 1 heterocycles. The molecule has 0 aliphatic carbocycles. The Hall–Kier alpha value is -4.00. The van der Waals surface area contributed by atoms with Crippen molar-refractivity contribution in [2.45, 2.75) is 12.4 Å². The summed E-state index contributed by atoms with van der Waals surface area (Å²) in [4.78, 5) is 28.0. The van der Waals surface area contributed by atoms with Crippen LogP contribution in [-0.2, 0) is 9.59 Å². The van der Waals surface area contributed by atoms with E-state index in [1.807, 2.05) is 11.8 Å². The maximum Gasteiger partial charge on any atom is 0.573 e. The Morgan fingerprint density at radius 3 is 2.33 bits per heavy atom. The van der Waals surface area contributed by atoms with Crippen molar-refractivity contribution in [3.63, 3.8) is 0 Å². The number of nitrogens with zero attached hydrogens (tertiary/aromatic N) is 1. The lowest BCUT2D eigenvalue weighted by Crippen LogP contribution is -2.41. The Kier molecular flexibility index (Phi) is 10.9. The first-order valence-corrected chi connectivity index (χ1v) is 14.5. The number of anilines is 3. The number of thioether (sulfide) groups is 1. The van der Waals surface area contributed by atoms with Crippen LogP contribution in [0.5, 0.6) is 5.75 Å². The number of hydrogen-bond acceptors (Lipinski definition) is 7. The van der Waals surface area contributed by atoms with Gasteiger partial charge in [-0.3, -0.25) is 9.59 Å². The summed E-state index contributed by atoms with van der Waals surface area (Å²) in [7, 11) is 0. The minimum absolute atomic E-state index is 0.332. The van der Waals surface area contributed by atoms with Gasteiger partial charge >= 0.3 is 6.36 Å². The van der Waals surface area contributed by atoms with Gasteiger partial charge in [-0.2, -0.15) is 11.8 Å². The van der Waals surface area contributed by atoms with Crippen LogP contribution in [0.25, 0.3) is 6.08 Å². The van der Waals surface area contributed by atoms with E-state index in [1.165, 1.54) is 18.2 Å². The van der Waals surface area contributed by atoms with E-state index in [-0.39, 0.29) is 17.6 Å². The van der Waals surface area contributed by atoms with Gasteiger partial charge in [-0.05, 0) is 53.6 Å². The SMILES string of the molecule is Nc1ccccc1NC(=O)C=Cc1ccc([C@H](NCCN2CCSCC2)C(=O)Nc2ccc(OC(F)(F)F)cc2)cc1. The summed E-state index contributed by atoms with van der Waals surface area (Å²) in [6.07, 6.45) is -1.75. The Morgan fingerprint density at radius 1 is 0.976 bits per heavy atom. The summed E-state index contributed by atoms with van der Waals surface area (Å²) in [5.41, 5.74) is 8.63. The van der Waals surface area contributed by atoms with Crippen molar-refractivity contribution < 1.29 is 27.5 Å². The summed E-state index contributed by atoms with van der Waals surface area (Å²) in [6.45, 7) is 3.31. The molecule has 4 rings (SSSR count). The van der Waals surface area contributed by atoms with E-state index < -0.39 is 12.4 Å². The van der Waals surface area contributed by atoms with Gasteiger partial charge in [0.05, 0.1) is 11.4 Å². The average Bonchev–Trinajstić information content (AvgIpc) is 2.97. The molecule has 42 heavy (non-hydrogen) atoms. The first kappa shape index (κ1) is 30.9. The molecule has 1 aliphatic heterocycles. The van der Waals surface area contributed by atoms with Gasteiger partial charge in [-0.15, -0.1) is 13.2 Å². The lowest BCUT2D eigenvalue weighted by molar-refractivity contribution is -0.274. The molecule has 1 saturated heterocycles. The fourth-order valence-corrected chi connectivity index (χ4v) is 5.24. The van der Waals surface area contributed by atoms with Gasteiger partial charge in [0.25, 0.3) is 0 Å². The van der Waals surface area contributed by atoms with Crippen LogP contribution in [0.4, 0.5) is 30.2 Å². The number of carbonyl (C=O) groups excluding carboxylic acids is 2. The van der Waals surface area contributed by atoms with Crippen LogP contribution in [0.15, 0.2) is 78.9 Å². The zero-order valence-electron chi connectivity index (χ0n) is 22.7. The average molecular weight is 600 g/mol. The number of amides is 2. The molecule has 3 aromatic rings. The van der Waals surface area contributed by atoms with E-state index in [1.54, 1.807) is 54.6 Å². The zero-order chi connectivity index (χ0) is 30.0. The van der Waals surface area contributed by atoms with Gasteiger partial charge in [-0.25, -0.2) is 0 Å². The number of rotatable bonds is 11. The van der Waals surface area contributed by atoms with E-state index in [0.717, 1.165) is 48.8 Å². The summed E-state index contributed by atoms with van der Waals surface area (Å²) >= 11 is 1.92. The highest BCUT2D eigenvalue weighted by atomic mass is 32.2. The molecule has 0 aromatic heterocycles. The van der Waals surface area contributed by atoms with Crippen molar-refractivity contribution in [1.82, 2.24) is 10.2 Å². The second-order valence-electron chi connectivity index (χ2n) is 9.48. The normalized spacial score (nSPS) is 14.8. The third-order valence-corrected chi connectivity index (χ3v) is 7.36. The van der Waals surface area contributed by atoms with Crippen LogP contribution in [0.1, 0.15) is 17.2 Å². The van der Waals surface area contributed by atoms with Gasteiger partial charge in [0.15, 0.2) is 0 Å². The molecule has 1 atom stereocenters. The molecular formula is C30H32F3N5O3S. The second kappa shape index (κ2) is 14.8. The van der Waals surface area contributed by atoms with Gasteiger partial charge < -0.3 is 31.3 Å². The molecule has 1 aliphatic rings. The smallest absolute Gasteiger partial charge is 0.406 e. The third-order valence-electron chi connectivity index (χ3n) is 6.41. The number of carbonyl (C=O) groups is 2. The number of benzene rings is 3. The second-order valence-corrected chi connectivity index (χ2v) is 10.7. The van der Waals surface area contributed by atoms with Crippen molar-refractivity contribution in [3.8, 4) is 5.75 Å². The lowest BCUT2D eigenvalue weighted by Gasteiger charge is -2.27. The summed E-state index contributed by atoms with van der Waals surface area (Å²) in [5.74, 6) is 1.07. The molecule has 3 aromatic carbocycles. The van der Waals surface area contributed by atoms with Crippen molar-refractivity contribution in [1.29, 1.82) is 0 Å². The van der Waals surface area contributed by atoms with Crippen LogP contribution in [0.3, 0.4) is 0 Å². The topological polar surface area (TPSA) is 109 Å². The van der Waals surface area contributed by atoms with E-state index in [9.17, 15) is 22.8 Å². The van der Waals surface area contributed by atoms with E-state index in [0.29, 0.717) is 29.2 Å². The maximum absolute atomic E-state index is 13.3. The molecule has 222 valence electrons. The van der Waals surface area contributed by atoms with E-state index in [2.05, 4.69) is 25.6 Å². The highest BCUT2D eigenvalue weighted by Crippen LogP contribution is 2.25. The van der Waals surface area contributed by atoms with Crippen molar-refractivity contribution in [2.24, 2.45) is 0 Å². The van der Waals surface area contributed by atoms with Crippen LogP contribution < -0.4 is 26.4 Å². The molecule has 0 radical (unpaired) electrons. The Labute approximate surface area is 246 Å². The number of hydrogen-bond donors (Lipinski definition) is 4. The number of nitrogens with one attached hydrogen (secondary N) is 3. The Balaban J connectivity index is 1.42. The first-order chi connectivity index (χ1) is 20.2. The Bertz CT molecular complexity index is 1360. The molecule has 0 saturated carbocycles. The summed E-state index contributed by atoms with van der Waals surface area (Å²) < 4.78 is 41.4. The van der Waals surface area contributed by atoms with Gasteiger partial charge in [0, 0.05) is 49.4 Å². The molecular weight excluding hydrogens is 567 g/mol. The summed E-state index contributed by atoms with van der Waals surface area (Å²) in [5, 5.41) is 8.82. The first-order valence-electron chi connectivity index (χ1n) is 13.3. The molecule has 2 amide bonds. The van der Waals surface area contributed by atoms with Crippen molar-refractivity contribution in [3.05, 3.63) is 90.0 Å². The predicted octanol–water partition coefficient (Wildman–Crippen LogP) is 5.14. The molecule has 12 heteroatoms. The molecule has 0 bridgehead atoms. The molecule has 1 fully saturated rings. The van der Waals surface area contributed by atoms with Crippen LogP contribution in [-0.4, -0.2) is 60.8 Å². The lowest BCUT2D eigenvalue weighted by atomic mass is 10.0. The minimum atomic E-state index is -4.80. The standard InChI is InChI=1S/C30H32F3N5O3S/c31-30(32,33)41-24-12-10-23(11-13-24)36-29(40)28(35-15-16-38-17-19-42-20-18-38)22-8-5-21(6-9-22)7-14-27(39)37-26-4-2-1-3-25(26)34/h1-14,28,35H,15-20,34H2,(H,36,40)(H,37,39)/t28-/m0/s1. The Morgan fingerprint density at radius 2 is 1.67 bits per heavy atom. The van der Waals surface area contributed by atoms with E-state index in [4.69, 9.17) is 5.73 Å².